The van der Waals surface area contributed by atoms with E-state index in [1.807, 2.05) is 13.1 Å². The van der Waals surface area contributed by atoms with E-state index in [9.17, 15) is 14.0 Å². The molecule has 3 aliphatic heterocycles. The van der Waals surface area contributed by atoms with Crippen LogP contribution in [0.3, 0.4) is 0 Å². The lowest BCUT2D eigenvalue weighted by molar-refractivity contribution is -0.0372. The van der Waals surface area contributed by atoms with Gasteiger partial charge in [-0.05, 0) is 18.1 Å². The number of hydrogen-bond acceptors (Lipinski definition) is 9. The van der Waals surface area contributed by atoms with Gasteiger partial charge in [0.05, 0.1) is 19.3 Å². The average molecular weight is 522 g/mol. The van der Waals surface area contributed by atoms with Gasteiger partial charge in [-0.25, -0.2) is 4.57 Å². The van der Waals surface area contributed by atoms with Crippen LogP contribution in [-0.4, -0.2) is 91.3 Å². The molecule has 15 heteroatoms. The quantitative estimate of drug-likeness (QED) is 0.428. The van der Waals surface area contributed by atoms with Crippen molar-refractivity contribution in [3.05, 3.63) is 0 Å². The second kappa shape index (κ2) is 9.75. The Hall–Kier alpha value is 0.487. The smallest absolute Gasteiger partial charge is 0.409 e. The van der Waals surface area contributed by atoms with Gasteiger partial charge in [0, 0.05) is 24.6 Å². The van der Waals surface area contributed by atoms with Gasteiger partial charge in [-0.15, -0.1) is 0 Å². The van der Waals surface area contributed by atoms with Crippen LogP contribution in [0.1, 0.15) is 27.7 Å². The van der Waals surface area contributed by atoms with Gasteiger partial charge < -0.3 is 23.3 Å². The van der Waals surface area contributed by atoms with Gasteiger partial charge in [0.1, 0.15) is 40.1 Å². The van der Waals surface area contributed by atoms with E-state index in [4.69, 9.17) is 47.7 Å². The average Bonchev–Trinajstić information content (AvgIpc) is 3.07. The summed E-state index contributed by atoms with van der Waals surface area (Å²) in [4.78, 5) is 10.3. The van der Waals surface area contributed by atoms with Crippen LogP contribution in [0.4, 0.5) is 0 Å². The Morgan fingerprint density at radius 1 is 0.970 bits per heavy atom. The standard InChI is InChI=1S/C18H34B2O10P2Si/c1-10-13-11(26-16(10)19)8-24-31(5,21)28-14-12(9-25-32(22,23)29-13)27-17(20)15(14)30-33(6,7)18(2,3)4/h10-17H,8-9H2,1-7H3,(H,22,23)/t10?,11-,12-,13-,14?,15+,16-,17-,31?/m1/s1. The Morgan fingerprint density at radius 2 is 1.52 bits per heavy atom. The van der Waals surface area contributed by atoms with E-state index in [0.717, 1.165) is 0 Å². The first kappa shape index (κ1) is 28.1. The zero-order valence-corrected chi connectivity index (χ0v) is 23.0. The maximum atomic E-state index is 13.2. The van der Waals surface area contributed by atoms with Gasteiger partial charge in [0.2, 0.25) is 0 Å². The fourth-order valence-corrected chi connectivity index (χ4v) is 7.22. The lowest BCUT2D eigenvalue weighted by atomic mass is 9.86. The third kappa shape index (κ3) is 6.44. The highest BCUT2D eigenvalue weighted by Gasteiger charge is 2.52. The first-order valence-electron chi connectivity index (χ1n) is 11.0. The summed E-state index contributed by atoms with van der Waals surface area (Å²) >= 11 is 0. The molecule has 3 rings (SSSR count). The first-order valence-corrected chi connectivity index (χ1v) is 17.4. The van der Waals surface area contributed by atoms with Crippen LogP contribution in [0.5, 0.6) is 0 Å². The molecule has 4 unspecified atom stereocenters. The number of phosphoric ester groups is 1. The molecule has 0 amide bonds. The number of rotatable bonds is 2. The topological polar surface area (TPSA) is 119 Å². The molecule has 3 saturated heterocycles. The molecule has 10 atom stereocenters. The fourth-order valence-electron chi connectivity index (χ4n) is 3.71. The van der Waals surface area contributed by atoms with Crippen LogP contribution in [0.15, 0.2) is 0 Å². The largest absolute Gasteiger partial charge is 0.472 e. The molecule has 0 aromatic rings. The highest BCUT2D eigenvalue weighted by molar-refractivity contribution is 7.53. The molecule has 0 bridgehead atoms. The van der Waals surface area contributed by atoms with Crippen molar-refractivity contribution in [3.8, 4) is 0 Å². The van der Waals surface area contributed by atoms with Crippen molar-refractivity contribution in [2.45, 2.75) is 88.4 Å². The van der Waals surface area contributed by atoms with Crippen LogP contribution >= 0.6 is 15.4 Å². The number of ether oxygens (including phenoxy) is 2. The SMILES string of the molecule is [B][C@@H]1O[C@@H]2COP(C)(=O)OC3[C@@H](COP(=O)(O)O[C@@H]2C1C)O[C@@H]([B])[C@H]3O[Si](C)(C)C(C)(C)C. The van der Waals surface area contributed by atoms with Crippen molar-refractivity contribution in [3.63, 3.8) is 0 Å². The van der Waals surface area contributed by atoms with Gasteiger partial charge in [-0.1, -0.05) is 27.7 Å². The molecule has 3 aliphatic rings. The van der Waals surface area contributed by atoms with Crippen LogP contribution in [0.2, 0.25) is 18.1 Å². The lowest BCUT2D eigenvalue weighted by Crippen LogP contribution is -2.50. The molecule has 0 aromatic carbocycles. The number of fused-ring (bicyclic) bond motifs is 2. The van der Waals surface area contributed by atoms with E-state index < -0.39 is 78.8 Å². The molecule has 4 radical (unpaired) electrons. The Bertz CT molecular complexity index is 812. The van der Waals surface area contributed by atoms with Crippen LogP contribution < -0.4 is 0 Å². The van der Waals surface area contributed by atoms with Gasteiger partial charge in [-0.3, -0.25) is 18.1 Å². The van der Waals surface area contributed by atoms with Gasteiger partial charge in [0.15, 0.2) is 8.32 Å². The molecule has 1 N–H and O–H groups in total. The minimum atomic E-state index is -4.53. The second-order valence-corrected chi connectivity index (χ2v) is 18.6. The lowest BCUT2D eigenvalue weighted by Gasteiger charge is -2.40. The summed E-state index contributed by atoms with van der Waals surface area (Å²) in [7, 11) is 1.60. The normalized spacial score (nSPS) is 47.9. The molecule has 0 spiro atoms. The maximum absolute atomic E-state index is 13.2. The first-order chi connectivity index (χ1) is 14.9. The molecular weight excluding hydrogens is 488 g/mol. The predicted octanol–water partition coefficient (Wildman–Crippen LogP) is 2.54. The van der Waals surface area contributed by atoms with E-state index in [-0.39, 0.29) is 11.6 Å². The van der Waals surface area contributed by atoms with E-state index in [2.05, 4.69) is 20.8 Å². The van der Waals surface area contributed by atoms with Gasteiger partial charge in [0.25, 0.3) is 0 Å². The molecule has 3 heterocycles. The monoisotopic (exact) mass is 522 g/mol. The summed E-state index contributed by atoms with van der Waals surface area (Å²) in [6.07, 6.45) is -4.45. The van der Waals surface area contributed by atoms with Crippen molar-refractivity contribution in [2.24, 2.45) is 5.92 Å². The molecule has 186 valence electrons. The predicted molar refractivity (Wildman–Crippen MR) is 125 cm³/mol. The van der Waals surface area contributed by atoms with Crippen molar-refractivity contribution < 1.29 is 46.0 Å². The summed E-state index contributed by atoms with van der Waals surface area (Å²) in [5, 5.41) is -0.141. The van der Waals surface area contributed by atoms with E-state index >= 15 is 0 Å². The third-order valence-corrected chi connectivity index (χ3v) is 13.5. The summed E-state index contributed by atoms with van der Waals surface area (Å²) in [6.45, 7) is 12.7. The van der Waals surface area contributed by atoms with Crippen molar-refractivity contribution in [1.82, 2.24) is 0 Å². The van der Waals surface area contributed by atoms with Crippen LogP contribution in [0.25, 0.3) is 0 Å². The zero-order chi connectivity index (χ0) is 25.0. The number of phosphoric acid groups is 1. The zero-order valence-electron chi connectivity index (χ0n) is 20.2. The Labute approximate surface area is 199 Å². The highest BCUT2D eigenvalue weighted by Crippen LogP contribution is 2.53. The Kier molecular flexibility index (Phi) is 8.29. The molecule has 0 aromatic heterocycles. The van der Waals surface area contributed by atoms with Gasteiger partial charge in [-0.2, -0.15) is 0 Å². The molecule has 0 saturated carbocycles. The summed E-state index contributed by atoms with van der Waals surface area (Å²) < 4.78 is 65.8. The molecule has 33 heavy (non-hydrogen) atoms. The summed E-state index contributed by atoms with van der Waals surface area (Å²) in [5.41, 5.74) is 0. The second-order valence-electron chi connectivity index (χ2n) is 10.5. The maximum Gasteiger partial charge on any atom is 0.472 e. The minimum absolute atomic E-state index is 0.141. The van der Waals surface area contributed by atoms with Crippen molar-refractivity contribution >= 4 is 39.4 Å². The summed E-state index contributed by atoms with van der Waals surface area (Å²) in [5.74, 6) is -0.436. The molecule has 10 nitrogen and oxygen atoms in total. The summed E-state index contributed by atoms with van der Waals surface area (Å²) in [6, 6.07) is -1.68. The van der Waals surface area contributed by atoms with Crippen molar-refractivity contribution in [1.29, 1.82) is 0 Å². The van der Waals surface area contributed by atoms with Gasteiger partial charge >= 0.3 is 15.4 Å². The van der Waals surface area contributed by atoms with E-state index in [1.54, 1.807) is 6.92 Å². The number of hydrogen-bond donors (Lipinski definition) is 1. The third-order valence-electron chi connectivity index (χ3n) is 6.76. The fraction of sp³-hybridized carbons (Fsp3) is 1.00. The Balaban J connectivity index is 1.88. The van der Waals surface area contributed by atoms with Crippen LogP contribution in [-0.2, 0) is 41.1 Å². The van der Waals surface area contributed by atoms with Crippen LogP contribution in [0, 0.1) is 5.92 Å². The molecule has 0 aliphatic carbocycles. The van der Waals surface area contributed by atoms with E-state index in [0.29, 0.717) is 0 Å². The van der Waals surface area contributed by atoms with E-state index in [1.165, 1.54) is 6.66 Å². The minimum Gasteiger partial charge on any atom is -0.409 e. The highest BCUT2D eigenvalue weighted by atomic mass is 31.2. The van der Waals surface area contributed by atoms with Crippen molar-refractivity contribution in [2.75, 3.05) is 19.9 Å². The molecule has 3 fully saturated rings. The molecular formula is C18H34B2O10P2Si. The Morgan fingerprint density at radius 3 is 2.12 bits per heavy atom.